The Morgan fingerprint density at radius 1 is 1.00 bits per heavy atom. The van der Waals surface area contributed by atoms with E-state index in [0.29, 0.717) is 4.88 Å². The summed E-state index contributed by atoms with van der Waals surface area (Å²) >= 11 is 1.02. The number of rotatable bonds is 6. The van der Waals surface area contributed by atoms with Crippen LogP contribution in [0.15, 0.2) is 60.7 Å². The molecule has 0 fully saturated rings. The first-order valence-corrected chi connectivity index (χ1v) is 9.43. The van der Waals surface area contributed by atoms with E-state index >= 15 is 0 Å². The third kappa shape index (κ3) is 4.21. The van der Waals surface area contributed by atoms with E-state index < -0.39 is 5.91 Å². The van der Waals surface area contributed by atoms with Gasteiger partial charge in [-0.25, -0.2) is 5.48 Å². The Bertz CT molecular complexity index is 999. The number of hydroxylamine groups is 1. The lowest BCUT2D eigenvalue weighted by atomic mass is 9.99. The van der Waals surface area contributed by atoms with E-state index in [4.69, 9.17) is 9.94 Å². The van der Waals surface area contributed by atoms with E-state index in [9.17, 15) is 9.59 Å². The first-order valence-electron chi connectivity index (χ1n) is 8.62. The number of hydrogen-bond acceptors (Lipinski definition) is 5. The molecule has 0 aliphatic carbocycles. The van der Waals surface area contributed by atoms with Gasteiger partial charge in [0.25, 0.3) is 11.8 Å². The smallest absolute Gasteiger partial charge is 0.284 e. The molecule has 1 atom stereocenters. The second kappa shape index (κ2) is 8.69. The number of methoxy groups -OCH3 is 1. The Morgan fingerprint density at radius 3 is 2.43 bits per heavy atom. The highest BCUT2D eigenvalue weighted by Gasteiger charge is 2.16. The van der Waals surface area contributed by atoms with E-state index in [1.165, 1.54) is 6.07 Å². The van der Waals surface area contributed by atoms with Gasteiger partial charge in [0.1, 0.15) is 5.75 Å². The molecule has 0 radical (unpaired) electrons. The molecule has 0 aliphatic heterocycles. The standard InChI is InChI=1S/C21H20N2O4S/c1-13(22-20(24)18-10-11-19(28-18)21(25)23-26)14-6-5-7-15(12-14)16-8-3-4-9-17(16)27-2/h3-13,26H,1-2H3,(H,22,24)(H,23,25). The van der Waals surface area contributed by atoms with Crippen LogP contribution >= 0.6 is 11.3 Å². The van der Waals surface area contributed by atoms with Crippen LogP contribution in [0.4, 0.5) is 0 Å². The van der Waals surface area contributed by atoms with Gasteiger partial charge in [-0.3, -0.25) is 14.8 Å². The second-order valence-corrected chi connectivity index (χ2v) is 7.21. The Kier molecular flexibility index (Phi) is 6.08. The number of benzene rings is 2. The lowest BCUT2D eigenvalue weighted by Crippen LogP contribution is -2.25. The van der Waals surface area contributed by atoms with Crippen LogP contribution in [-0.4, -0.2) is 24.1 Å². The summed E-state index contributed by atoms with van der Waals surface area (Å²) in [5.74, 6) is -0.136. The summed E-state index contributed by atoms with van der Waals surface area (Å²) in [6, 6.07) is 18.5. The van der Waals surface area contributed by atoms with Crippen molar-refractivity contribution in [1.82, 2.24) is 10.8 Å². The maximum Gasteiger partial charge on any atom is 0.284 e. The van der Waals surface area contributed by atoms with Crippen molar-refractivity contribution < 1.29 is 19.5 Å². The average molecular weight is 396 g/mol. The number of carbonyl (C=O) groups is 2. The minimum Gasteiger partial charge on any atom is -0.496 e. The lowest BCUT2D eigenvalue weighted by molar-refractivity contribution is 0.0711. The van der Waals surface area contributed by atoms with E-state index in [1.54, 1.807) is 18.7 Å². The minimum atomic E-state index is -0.637. The van der Waals surface area contributed by atoms with Crippen molar-refractivity contribution >= 4 is 23.2 Å². The van der Waals surface area contributed by atoms with Crippen LogP contribution in [-0.2, 0) is 0 Å². The van der Waals surface area contributed by atoms with E-state index in [-0.39, 0.29) is 16.8 Å². The highest BCUT2D eigenvalue weighted by molar-refractivity contribution is 7.15. The summed E-state index contributed by atoms with van der Waals surface area (Å²) < 4.78 is 5.43. The molecule has 6 nitrogen and oxygen atoms in total. The molecule has 1 heterocycles. The summed E-state index contributed by atoms with van der Waals surface area (Å²) in [5.41, 5.74) is 4.48. The van der Waals surface area contributed by atoms with Gasteiger partial charge >= 0.3 is 0 Å². The monoisotopic (exact) mass is 396 g/mol. The van der Waals surface area contributed by atoms with Crippen molar-refractivity contribution in [3.8, 4) is 16.9 Å². The molecule has 0 saturated heterocycles. The van der Waals surface area contributed by atoms with Crippen molar-refractivity contribution in [3.63, 3.8) is 0 Å². The number of carbonyl (C=O) groups excluding carboxylic acids is 2. The summed E-state index contributed by atoms with van der Waals surface area (Å²) in [7, 11) is 1.64. The highest BCUT2D eigenvalue weighted by Crippen LogP contribution is 2.31. The van der Waals surface area contributed by atoms with Gasteiger partial charge in [0.15, 0.2) is 0 Å². The molecule has 1 aromatic heterocycles. The average Bonchev–Trinajstić information content (AvgIpc) is 3.23. The topological polar surface area (TPSA) is 87.7 Å². The summed E-state index contributed by atoms with van der Waals surface area (Å²) in [4.78, 5) is 24.6. The van der Waals surface area contributed by atoms with Crippen molar-refractivity contribution in [3.05, 3.63) is 76.0 Å². The van der Waals surface area contributed by atoms with Gasteiger partial charge < -0.3 is 10.1 Å². The van der Waals surface area contributed by atoms with Crippen molar-refractivity contribution in [2.45, 2.75) is 13.0 Å². The quantitative estimate of drug-likeness (QED) is 0.434. The second-order valence-electron chi connectivity index (χ2n) is 6.13. The Balaban J connectivity index is 1.78. The molecule has 0 saturated carbocycles. The fourth-order valence-electron chi connectivity index (χ4n) is 2.85. The Morgan fingerprint density at radius 2 is 1.71 bits per heavy atom. The minimum absolute atomic E-state index is 0.237. The van der Waals surface area contributed by atoms with E-state index in [2.05, 4.69) is 5.32 Å². The third-order valence-corrected chi connectivity index (χ3v) is 5.39. The van der Waals surface area contributed by atoms with Gasteiger partial charge in [0, 0.05) is 5.56 Å². The fourth-order valence-corrected chi connectivity index (χ4v) is 3.65. The van der Waals surface area contributed by atoms with Crippen LogP contribution < -0.4 is 15.5 Å². The van der Waals surface area contributed by atoms with Crippen molar-refractivity contribution in [2.75, 3.05) is 7.11 Å². The highest BCUT2D eigenvalue weighted by atomic mass is 32.1. The van der Waals surface area contributed by atoms with Gasteiger partial charge in [0.2, 0.25) is 0 Å². The summed E-state index contributed by atoms with van der Waals surface area (Å²) in [5, 5.41) is 11.6. The first-order chi connectivity index (χ1) is 13.5. The molecule has 1 unspecified atom stereocenters. The number of thiophene rings is 1. The largest absolute Gasteiger partial charge is 0.496 e. The molecule has 7 heteroatoms. The Labute approximate surface area is 166 Å². The van der Waals surface area contributed by atoms with Gasteiger partial charge in [-0.05, 0) is 42.3 Å². The molecular formula is C21H20N2O4S. The predicted octanol–water partition coefficient (Wildman–Crippen LogP) is 4.03. The van der Waals surface area contributed by atoms with Crippen LogP contribution in [0.5, 0.6) is 5.75 Å². The zero-order valence-corrected chi connectivity index (χ0v) is 16.2. The zero-order valence-electron chi connectivity index (χ0n) is 15.4. The van der Waals surface area contributed by atoms with Crippen molar-refractivity contribution in [1.29, 1.82) is 0 Å². The maximum atomic E-state index is 12.5. The normalized spacial score (nSPS) is 11.5. The first kappa shape index (κ1) is 19.6. The molecule has 2 amide bonds. The number of amides is 2. The molecule has 144 valence electrons. The number of nitrogens with one attached hydrogen (secondary N) is 2. The van der Waals surface area contributed by atoms with Gasteiger partial charge in [-0.15, -0.1) is 11.3 Å². The van der Waals surface area contributed by atoms with Gasteiger partial charge in [-0.2, -0.15) is 0 Å². The fraction of sp³-hybridized carbons (Fsp3) is 0.143. The van der Waals surface area contributed by atoms with E-state index in [0.717, 1.165) is 33.8 Å². The van der Waals surface area contributed by atoms with Gasteiger partial charge in [0.05, 0.1) is 22.9 Å². The van der Waals surface area contributed by atoms with Gasteiger partial charge in [-0.1, -0.05) is 36.4 Å². The van der Waals surface area contributed by atoms with Crippen LogP contribution in [0.2, 0.25) is 0 Å². The lowest BCUT2D eigenvalue weighted by Gasteiger charge is -2.16. The molecule has 2 aromatic carbocycles. The van der Waals surface area contributed by atoms with Crippen molar-refractivity contribution in [2.24, 2.45) is 0 Å². The zero-order chi connectivity index (χ0) is 20.1. The van der Waals surface area contributed by atoms with Crippen LogP contribution in [0.1, 0.15) is 37.9 Å². The third-order valence-electron chi connectivity index (χ3n) is 4.31. The van der Waals surface area contributed by atoms with Crippen LogP contribution in [0.25, 0.3) is 11.1 Å². The number of ether oxygens (including phenoxy) is 1. The summed E-state index contributed by atoms with van der Waals surface area (Å²) in [6.45, 7) is 1.90. The Hall–Kier alpha value is -3.16. The molecule has 3 N–H and O–H groups in total. The van der Waals surface area contributed by atoms with Crippen LogP contribution in [0.3, 0.4) is 0 Å². The molecule has 0 aliphatic rings. The molecule has 3 aromatic rings. The van der Waals surface area contributed by atoms with Crippen LogP contribution in [0, 0.1) is 0 Å². The summed E-state index contributed by atoms with van der Waals surface area (Å²) in [6.07, 6.45) is 0. The van der Waals surface area contributed by atoms with E-state index in [1.807, 2.05) is 55.5 Å². The molecule has 0 spiro atoms. The predicted molar refractivity (Wildman–Crippen MR) is 108 cm³/mol. The molecule has 28 heavy (non-hydrogen) atoms. The SMILES string of the molecule is COc1ccccc1-c1cccc(C(C)NC(=O)c2ccc(C(=O)NO)s2)c1. The maximum absolute atomic E-state index is 12.5. The number of hydrogen-bond donors (Lipinski definition) is 3. The number of para-hydroxylation sites is 1. The molecule has 0 bridgehead atoms. The molecular weight excluding hydrogens is 376 g/mol. The molecule has 3 rings (SSSR count).